The largest absolute Gasteiger partial charge is 0.494 e. The van der Waals surface area contributed by atoms with Crippen molar-refractivity contribution in [2.24, 2.45) is 0 Å². The molecule has 8 heteroatoms. The summed E-state index contributed by atoms with van der Waals surface area (Å²) in [6, 6.07) is 30.5. The summed E-state index contributed by atoms with van der Waals surface area (Å²) in [6.45, 7) is 2.73. The molecule has 0 radical (unpaired) electrons. The number of unbranched alkanes of at least 4 members (excludes halogenated alkanes) is 1. The van der Waals surface area contributed by atoms with Gasteiger partial charge in [-0.3, -0.25) is 9.10 Å². The molecule has 7 nitrogen and oxygen atoms in total. The highest BCUT2D eigenvalue weighted by Crippen LogP contribution is 2.41. The zero-order chi connectivity index (χ0) is 29.7. The van der Waals surface area contributed by atoms with E-state index in [1.807, 2.05) is 97.9 Å². The van der Waals surface area contributed by atoms with Gasteiger partial charge in [-0.1, -0.05) is 78.4 Å². The Morgan fingerprint density at radius 3 is 2.19 bits per heavy atom. The van der Waals surface area contributed by atoms with Gasteiger partial charge in [-0.2, -0.15) is 0 Å². The summed E-state index contributed by atoms with van der Waals surface area (Å²) >= 11 is 0. The lowest BCUT2D eigenvalue weighted by Gasteiger charge is -2.25. The number of nitrogens with one attached hydrogen (secondary N) is 1. The van der Waals surface area contributed by atoms with E-state index in [0.29, 0.717) is 53.0 Å². The van der Waals surface area contributed by atoms with E-state index in [2.05, 4.69) is 5.32 Å². The Balaban J connectivity index is 1.58. The number of furan rings is 1. The molecule has 0 spiro atoms. The highest BCUT2D eigenvalue weighted by molar-refractivity contribution is 7.92. The van der Waals surface area contributed by atoms with Gasteiger partial charge in [0.15, 0.2) is 0 Å². The number of hydrogen-bond acceptors (Lipinski definition) is 5. The highest BCUT2D eigenvalue weighted by atomic mass is 32.2. The molecule has 0 saturated heterocycles. The number of para-hydroxylation sites is 1. The van der Waals surface area contributed by atoms with Gasteiger partial charge in [0.25, 0.3) is 5.91 Å². The van der Waals surface area contributed by atoms with Crippen molar-refractivity contribution in [1.82, 2.24) is 5.32 Å². The third-order valence-corrected chi connectivity index (χ3v) is 8.28. The molecule has 0 saturated carbocycles. The Kier molecular flexibility index (Phi) is 8.64. The van der Waals surface area contributed by atoms with Crippen molar-refractivity contribution in [1.29, 1.82) is 0 Å². The van der Waals surface area contributed by atoms with Gasteiger partial charge in [-0.05, 0) is 43.5 Å². The van der Waals surface area contributed by atoms with Crippen molar-refractivity contribution in [3.05, 3.63) is 108 Å². The molecule has 0 unspecified atom stereocenters. The van der Waals surface area contributed by atoms with Crippen molar-refractivity contribution >= 4 is 32.6 Å². The van der Waals surface area contributed by atoms with Crippen LogP contribution in [0.5, 0.6) is 5.75 Å². The molecular weight excluding hydrogens is 548 g/mol. The van der Waals surface area contributed by atoms with E-state index in [-0.39, 0.29) is 12.5 Å². The van der Waals surface area contributed by atoms with Crippen molar-refractivity contribution < 1.29 is 22.4 Å². The van der Waals surface area contributed by atoms with Gasteiger partial charge in [0.1, 0.15) is 17.1 Å². The first-order valence-electron chi connectivity index (χ1n) is 13.9. The van der Waals surface area contributed by atoms with E-state index in [1.54, 1.807) is 13.1 Å². The first kappa shape index (κ1) is 29.0. The first-order chi connectivity index (χ1) is 20.3. The van der Waals surface area contributed by atoms with E-state index in [4.69, 9.17) is 9.15 Å². The fourth-order valence-corrected chi connectivity index (χ4v) is 5.94. The molecule has 42 heavy (non-hydrogen) atoms. The van der Waals surface area contributed by atoms with E-state index in [1.165, 1.54) is 10.6 Å². The lowest BCUT2D eigenvalue weighted by Crippen LogP contribution is -2.31. The highest BCUT2D eigenvalue weighted by Gasteiger charge is 2.27. The quantitative estimate of drug-likeness (QED) is 0.169. The van der Waals surface area contributed by atoms with E-state index in [9.17, 15) is 13.2 Å². The average Bonchev–Trinajstić information content (AvgIpc) is 3.37. The molecule has 5 aromatic rings. The average molecular weight is 583 g/mol. The second-order valence-corrected chi connectivity index (χ2v) is 12.1. The van der Waals surface area contributed by atoms with Gasteiger partial charge in [-0.25, -0.2) is 8.42 Å². The lowest BCUT2D eigenvalue weighted by molar-refractivity contribution is 0.0964. The number of nitrogens with zero attached hydrogens (tertiary/aromatic N) is 1. The van der Waals surface area contributed by atoms with Crippen molar-refractivity contribution in [3.8, 4) is 28.2 Å². The number of ether oxygens (including phenoxy) is 1. The van der Waals surface area contributed by atoms with Crippen LogP contribution < -0.4 is 14.4 Å². The molecule has 216 valence electrons. The van der Waals surface area contributed by atoms with Crippen LogP contribution in [0.4, 0.5) is 5.69 Å². The Labute approximate surface area is 246 Å². The summed E-state index contributed by atoms with van der Waals surface area (Å²) in [6.07, 6.45) is 2.47. The number of rotatable bonds is 11. The van der Waals surface area contributed by atoms with Crippen LogP contribution in [0.15, 0.2) is 101 Å². The maximum atomic E-state index is 13.2. The van der Waals surface area contributed by atoms with Crippen LogP contribution in [0.1, 0.15) is 28.8 Å². The molecule has 1 amide bonds. The number of hydrogen-bond donors (Lipinski definition) is 1. The number of anilines is 1. The maximum absolute atomic E-state index is 13.2. The van der Waals surface area contributed by atoms with Crippen LogP contribution in [-0.2, 0) is 10.0 Å². The number of carbonyl (C=O) groups is 1. The minimum atomic E-state index is -3.67. The van der Waals surface area contributed by atoms with Gasteiger partial charge in [0.05, 0.1) is 24.1 Å². The van der Waals surface area contributed by atoms with Gasteiger partial charge >= 0.3 is 0 Å². The third kappa shape index (κ3) is 6.34. The van der Waals surface area contributed by atoms with Crippen molar-refractivity contribution in [3.63, 3.8) is 0 Å². The predicted octanol–water partition coefficient (Wildman–Crippen LogP) is 7.06. The molecule has 5 rings (SSSR count). The van der Waals surface area contributed by atoms with Gasteiger partial charge < -0.3 is 14.5 Å². The molecule has 0 bridgehead atoms. The van der Waals surface area contributed by atoms with Gasteiger partial charge in [0.2, 0.25) is 10.0 Å². The second-order valence-electron chi connectivity index (χ2n) is 10.2. The number of benzene rings is 4. The van der Waals surface area contributed by atoms with Crippen LogP contribution >= 0.6 is 0 Å². The Morgan fingerprint density at radius 2 is 1.55 bits per heavy atom. The maximum Gasteiger partial charge on any atom is 0.255 e. The van der Waals surface area contributed by atoms with Gasteiger partial charge in [-0.15, -0.1) is 0 Å². The number of carbonyl (C=O) groups excluding carboxylic acids is 1. The summed E-state index contributed by atoms with van der Waals surface area (Å²) < 4.78 is 40.0. The summed E-state index contributed by atoms with van der Waals surface area (Å²) in [5, 5.41) is 3.35. The topological polar surface area (TPSA) is 88.8 Å². The molecule has 0 fully saturated rings. The monoisotopic (exact) mass is 582 g/mol. The molecular formula is C34H34N2O5S. The second kappa shape index (κ2) is 12.5. The van der Waals surface area contributed by atoms with Gasteiger partial charge in [0, 0.05) is 36.2 Å². The molecule has 4 aromatic carbocycles. The standard InChI is InChI=1S/C34H34N2O5S/c1-24-16-18-26(19-17-24)33-32(34(37)35-2)29-22-28(25-12-6-4-7-13-25)30(23-31(29)41-33)36(42(3,38)39)20-10-11-21-40-27-14-8-5-9-15-27/h4-9,12-19,22-23H,10-11,20-21H2,1-3H3,(H,35,37). The van der Waals surface area contributed by atoms with Crippen LogP contribution in [0.2, 0.25) is 0 Å². The molecule has 1 aromatic heterocycles. The minimum absolute atomic E-state index is 0.260. The van der Waals surface area contributed by atoms with Crippen molar-refractivity contribution in [2.45, 2.75) is 19.8 Å². The van der Waals surface area contributed by atoms with Crippen molar-refractivity contribution in [2.75, 3.05) is 30.8 Å². The van der Waals surface area contributed by atoms with E-state index < -0.39 is 10.0 Å². The SMILES string of the molecule is CNC(=O)c1c(-c2ccc(C)cc2)oc2cc(N(CCCCOc3ccccc3)S(C)(=O)=O)c(-c3ccccc3)cc12. The number of fused-ring (bicyclic) bond motifs is 1. The molecule has 0 aliphatic heterocycles. The molecule has 1 N–H and O–H groups in total. The van der Waals surface area contributed by atoms with Crippen LogP contribution in [-0.4, -0.2) is 40.8 Å². The normalized spacial score (nSPS) is 11.4. The smallest absolute Gasteiger partial charge is 0.255 e. The summed E-state index contributed by atoms with van der Waals surface area (Å²) in [5.74, 6) is 0.933. The molecule has 0 aliphatic rings. The zero-order valence-corrected chi connectivity index (χ0v) is 24.8. The summed E-state index contributed by atoms with van der Waals surface area (Å²) in [4.78, 5) is 13.2. The number of aryl methyl sites for hydroxylation is 1. The van der Waals surface area contributed by atoms with Crippen LogP contribution in [0, 0.1) is 6.92 Å². The van der Waals surface area contributed by atoms with Crippen LogP contribution in [0.25, 0.3) is 33.4 Å². The number of amides is 1. The van der Waals surface area contributed by atoms with E-state index >= 15 is 0 Å². The Bertz CT molecular complexity index is 1780. The fraction of sp³-hybridized carbons (Fsp3) is 0.206. The van der Waals surface area contributed by atoms with E-state index in [0.717, 1.165) is 22.4 Å². The third-order valence-electron chi connectivity index (χ3n) is 7.10. The molecule has 0 aliphatic carbocycles. The molecule has 0 atom stereocenters. The Morgan fingerprint density at radius 1 is 0.881 bits per heavy atom. The zero-order valence-electron chi connectivity index (χ0n) is 24.0. The minimum Gasteiger partial charge on any atom is -0.494 e. The lowest BCUT2D eigenvalue weighted by atomic mass is 9.98. The number of sulfonamides is 1. The fourth-order valence-electron chi connectivity index (χ4n) is 4.98. The summed E-state index contributed by atoms with van der Waals surface area (Å²) in [5.41, 5.74) is 4.70. The van der Waals surface area contributed by atoms with Crippen LogP contribution in [0.3, 0.4) is 0 Å². The first-order valence-corrected chi connectivity index (χ1v) is 15.7. The predicted molar refractivity (Wildman–Crippen MR) is 169 cm³/mol. The summed E-state index contributed by atoms with van der Waals surface area (Å²) in [7, 11) is -2.08. The Hall–Kier alpha value is -4.56. The molecule has 1 heterocycles.